The highest BCUT2D eigenvalue weighted by molar-refractivity contribution is 5.63. The number of rotatable bonds is 4. The van der Waals surface area contributed by atoms with Gasteiger partial charge in [-0.15, -0.1) is 0 Å². The summed E-state index contributed by atoms with van der Waals surface area (Å²) in [7, 11) is 1.66. The van der Waals surface area contributed by atoms with E-state index < -0.39 is 0 Å². The summed E-state index contributed by atoms with van der Waals surface area (Å²) in [6.07, 6.45) is 1.94. The van der Waals surface area contributed by atoms with E-state index in [0.717, 1.165) is 28.3 Å². The van der Waals surface area contributed by atoms with Crippen molar-refractivity contribution in [2.24, 2.45) is 0 Å². The summed E-state index contributed by atoms with van der Waals surface area (Å²) >= 11 is 0. The fraction of sp³-hybridized carbons (Fsp3) is 0.118. The van der Waals surface area contributed by atoms with Gasteiger partial charge in [-0.05, 0) is 18.2 Å². The van der Waals surface area contributed by atoms with Gasteiger partial charge in [0.1, 0.15) is 5.75 Å². The van der Waals surface area contributed by atoms with Crippen molar-refractivity contribution in [1.29, 1.82) is 0 Å². The van der Waals surface area contributed by atoms with Crippen LogP contribution in [0.4, 0.5) is 11.6 Å². The molecule has 0 aliphatic rings. The monoisotopic (exact) mass is 294 g/mol. The fourth-order valence-corrected chi connectivity index (χ4v) is 2.37. The number of methoxy groups -OCH3 is 1. The third-order valence-corrected chi connectivity index (χ3v) is 3.55. The molecule has 2 aromatic carbocycles. The lowest BCUT2D eigenvalue weighted by Gasteiger charge is -2.09. The van der Waals surface area contributed by atoms with Gasteiger partial charge < -0.3 is 20.8 Å². The quantitative estimate of drug-likeness (QED) is 0.725. The number of imidazole rings is 1. The van der Waals surface area contributed by atoms with E-state index in [-0.39, 0.29) is 0 Å². The van der Waals surface area contributed by atoms with Crippen molar-refractivity contribution in [2.75, 3.05) is 18.6 Å². The molecule has 0 amide bonds. The first-order valence-corrected chi connectivity index (χ1v) is 6.98. The maximum Gasteiger partial charge on any atom is 0.201 e. The standard InChI is InChI=1S/C17H18N4O/c1-22-16-5-3-2-4-13(16)10-21-11-15(20-17(21)19)12-6-8-14(18)9-7-12/h2-9,11H,10,18H2,1H3,(H2,19,20). The van der Waals surface area contributed by atoms with Gasteiger partial charge >= 0.3 is 0 Å². The SMILES string of the molecule is COc1ccccc1Cn1cc(-c2ccc(N)cc2)nc1N. The molecule has 0 aliphatic heterocycles. The third-order valence-electron chi connectivity index (χ3n) is 3.55. The number of nitrogens with two attached hydrogens (primary N) is 2. The Kier molecular flexibility index (Phi) is 3.70. The molecule has 1 aromatic heterocycles. The third kappa shape index (κ3) is 2.74. The van der Waals surface area contributed by atoms with Crippen molar-refractivity contribution in [3.05, 3.63) is 60.3 Å². The van der Waals surface area contributed by atoms with E-state index >= 15 is 0 Å². The number of benzene rings is 2. The topological polar surface area (TPSA) is 79.1 Å². The van der Waals surface area contributed by atoms with Crippen LogP contribution in [0.25, 0.3) is 11.3 Å². The number of aromatic nitrogens is 2. The number of nitrogens with zero attached hydrogens (tertiary/aromatic N) is 2. The van der Waals surface area contributed by atoms with E-state index in [1.54, 1.807) is 7.11 Å². The minimum absolute atomic E-state index is 0.470. The summed E-state index contributed by atoms with van der Waals surface area (Å²) < 4.78 is 7.28. The van der Waals surface area contributed by atoms with E-state index in [1.807, 2.05) is 59.3 Å². The number of para-hydroxylation sites is 1. The van der Waals surface area contributed by atoms with Crippen LogP contribution in [0.1, 0.15) is 5.56 Å². The van der Waals surface area contributed by atoms with Gasteiger partial charge in [0.15, 0.2) is 0 Å². The summed E-state index contributed by atoms with van der Waals surface area (Å²) in [6, 6.07) is 15.4. The molecule has 4 N–H and O–H groups in total. The summed E-state index contributed by atoms with van der Waals surface area (Å²) in [4.78, 5) is 4.42. The maximum atomic E-state index is 6.03. The van der Waals surface area contributed by atoms with Crippen LogP contribution in [-0.4, -0.2) is 16.7 Å². The summed E-state index contributed by atoms with van der Waals surface area (Å²) in [5, 5.41) is 0. The number of anilines is 2. The Hall–Kier alpha value is -2.95. The van der Waals surface area contributed by atoms with Crippen molar-refractivity contribution in [3.63, 3.8) is 0 Å². The lowest BCUT2D eigenvalue weighted by Crippen LogP contribution is -2.04. The molecule has 0 saturated heterocycles. The zero-order valence-corrected chi connectivity index (χ0v) is 12.4. The molecule has 3 rings (SSSR count). The highest BCUT2D eigenvalue weighted by atomic mass is 16.5. The highest BCUT2D eigenvalue weighted by Crippen LogP contribution is 2.24. The summed E-state index contributed by atoms with van der Waals surface area (Å²) in [6.45, 7) is 0.609. The fourth-order valence-electron chi connectivity index (χ4n) is 2.37. The van der Waals surface area contributed by atoms with Gasteiger partial charge in [0.05, 0.1) is 19.3 Å². The van der Waals surface area contributed by atoms with Crippen LogP contribution in [0.2, 0.25) is 0 Å². The molecule has 0 fully saturated rings. The predicted octanol–water partition coefficient (Wildman–Crippen LogP) is 2.77. The van der Waals surface area contributed by atoms with Gasteiger partial charge in [0, 0.05) is 23.0 Å². The lowest BCUT2D eigenvalue weighted by atomic mass is 10.1. The van der Waals surface area contributed by atoms with E-state index in [1.165, 1.54) is 0 Å². The molecular weight excluding hydrogens is 276 g/mol. The Labute approximate surface area is 129 Å². The molecule has 0 bridgehead atoms. The second-order valence-corrected chi connectivity index (χ2v) is 5.05. The largest absolute Gasteiger partial charge is 0.496 e. The minimum Gasteiger partial charge on any atom is -0.496 e. The molecule has 0 spiro atoms. The van der Waals surface area contributed by atoms with Crippen molar-refractivity contribution >= 4 is 11.6 Å². The number of nitrogen functional groups attached to an aromatic ring is 2. The van der Waals surface area contributed by atoms with Crippen molar-refractivity contribution in [2.45, 2.75) is 6.54 Å². The maximum absolute atomic E-state index is 6.03. The van der Waals surface area contributed by atoms with Crippen LogP contribution >= 0.6 is 0 Å². The van der Waals surface area contributed by atoms with E-state index in [4.69, 9.17) is 16.2 Å². The molecule has 0 saturated carbocycles. The Bertz CT molecular complexity index is 778. The highest BCUT2D eigenvalue weighted by Gasteiger charge is 2.09. The average Bonchev–Trinajstić information content (AvgIpc) is 2.89. The predicted molar refractivity (Wildman–Crippen MR) is 88.6 cm³/mol. The Morgan fingerprint density at radius 1 is 1.05 bits per heavy atom. The van der Waals surface area contributed by atoms with Gasteiger partial charge in [-0.3, -0.25) is 0 Å². The Morgan fingerprint density at radius 3 is 2.50 bits per heavy atom. The van der Waals surface area contributed by atoms with Crippen LogP contribution in [0.15, 0.2) is 54.7 Å². The Morgan fingerprint density at radius 2 is 1.77 bits per heavy atom. The molecule has 0 unspecified atom stereocenters. The van der Waals surface area contributed by atoms with E-state index in [2.05, 4.69) is 4.98 Å². The van der Waals surface area contributed by atoms with Gasteiger partial charge in [-0.25, -0.2) is 4.98 Å². The summed E-state index contributed by atoms with van der Waals surface area (Å²) in [5.74, 6) is 1.31. The molecule has 0 atom stereocenters. The molecule has 22 heavy (non-hydrogen) atoms. The van der Waals surface area contributed by atoms with Crippen molar-refractivity contribution in [1.82, 2.24) is 9.55 Å². The molecule has 3 aromatic rings. The second-order valence-electron chi connectivity index (χ2n) is 5.05. The van der Waals surface area contributed by atoms with Gasteiger partial charge in [-0.1, -0.05) is 30.3 Å². The van der Waals surface area contributed by atoms with Crippen LogP contribution in [0.5, 0.6) is 5.75 Å². The van der Waals surface area contributed by atoms with Gasteiger partial charge in [0.2, 0.25) is 5.95 Å². The van der Waals surface area contributed by atoms with Crippen molar-refractivity contribution in [3.8, 4) is 17.0 Å². The van der Waals surface area contributed by atoms with Crippen molar-refractivity contribution < 1.29 is 4.74 Å². The average molecular weight is 294 g/mol. The van der Waals surface area contributed by atoms with E-state index in [9.17, 15) is 0 Å². The molecule has 5 heteroatoms. The molecule has 1 heterocycles. The first-order valence-electron chi connectivity index (χ1n) is 6.98. The first kappa shape index (κ1) is 14.0. The zero-order valence-electron chi connectivity index (χ0n) is 12.4. The van der Waals surface area contributed by atoms with Crippen LogP contribution in [0.3, 0.4) is 0 Å². The summed E-state index contributed by atoms with van der Waals surface area (Å²) in [5.41, 5.74) is 15.3. The number of hydrogen-bond donors (Lipinski definition) is 2. The molecular formula is C17H18N4O. The van der Waals surface area contributed by atoms with Gasteiger partial charge in [-0.2, -0.15) is 0 Å². The zero-order chi connectivity index (χ0) is 15.5. The molecule has 0 radical (unpaired) electrons. The normalized spacial score (nSPS) is 10.6. The van der Waals surface area contributed by atoms with E-state index in [0.29, 0.717) is 12.5 Å². The Balaban J connectivity index is 1.91. The number of ether oxygens (including phenoxy) is 1. The molecule has 112 valence electrons. The first-order chi connectivity index (χ1) is 10.7. The molecule has 5 nitrogen and oxygen atoms in total. The van der Waals surface area contributed by atoms with Crippen LogP contribution in [0, 0.1) is 0 Å². The van der Waals surface area contributed by atoms with Crippen LogP contribution < -0.4 is 16.2 Å². The lowest BCUT2D eigenvalue weighted by molar-refractivity contribution is 0.408. The van der Waals surface area contributed by atoms with Crippen LogP contribution in [-0.2, 0) is 6.54 Å². The minimum atomic E-state index is 0.470. The van der Waals surface area contributed by atoms with Gasteiger partial charge in [0.25, 0.3) is 0 Å². The molecule has 0 aliphatic carbocycles. The second kappa shape index (κ2) is 5.81. The number of hydrogen-bond acceptors (Lipinski definition) is 4. The smallest absolute Gasteiger partial charge is 0.201 e.